The number of benzene rings is 1. The number of nitrogens with one attached hydrogen (secondary N) is 2. The smallest absolute Gasteiger partial charge is 0.226 e. The van der Waals surface area contributed by atoms with Gasteiger partial charge in [0.25, 0.3) is 0 Å². The zero-order chi connectivity index (χ0) is 19.1. The molecule has 1 aliphatic rings. The van der Waals surface area contributed by atoms with E-state index in [9.17, 15) is 9.59 Å². The Morgan fingerprint density at radius 1 is 1.31 bits per heavy atom. The van der Waals surface area contributed by atoms with E-state index in [-0.39, 0.29) is 41.7 Å². The Morgan fingerprint density at radius 2 is 2.00 bits per heavy atom. The molecule has 0 aliphatic carbocycles. The summed E-state index contributed by atoms with van der Waals surface area (Å²) in [4.78, 5) is 34.8. The fourth-order valence-electron chi connectivity index (χ4n) is 3.47. The molecule has 0 saturated carbocycles. The van der Waals surface area contributed by atoms with Crippen LogP contribution in [0.1, 0.15) is 52.9 Å². The number of nitrogens with zero attached hydrogens (tertiary/aromatic N) is 2. The number of amides is 2. The summed E-state index contributed by atoms with van der Waals surface area (Å²) in [5.41, 5.74) is 1.58. The molecule has 1 fully saturated rings. The van der Waals surface area contributed by atoms with Crippen LogP contribution in [-0.2, 0) is 9.59 Å². The van der Waals surface area contributed by atoms with Gasteiger partial charge in [0, 0.05) is 18.5 Å². The highest BCUT2D eigenvalue weighted by Crippen LogP contribution is 2.28. The van der Waals surface area contributed by atoms with Gasteiger partial charge in [0.05, 0.1) is 23.0 Å². The van der Waals surface area contributed by atoms with E-state index in [1.54, 1.807) is 4.90 Å². The molecule has 1 aromatic carbocycles. The monoisotopic (exact) mass is 356 g/mol. The summed E-state index contributed by atoms with van der Waals surface area (Å²) in [5.74, 6) is 0.584. The summed E-state index contributed by atoms with van der Waals surface area (Å²) in [6.07, 6.45) is 0.272. The van der Waals surface area contributed by atoms with Crippen molar-refractivity contribution in [3.05, 3.63) is 30.1 Å². The first-order chi connectivity index (χ1) is 12.2. The van der Waals surface area contributed by atoms with Gasteiger partial charge in [0.15, 0.2) is 0 Å². The van der Waals surface area contributed by atoms with Crippen LogP contribution in [0.15, 0.2) is 24.3 Å². The Morgan fingerprint density at radius 3 is 2.58 bits per heavy atom. The molecule has 26 heavy (non-hydrogen) atoms. The molecule has 0 spiro atoms. The Balaban J connectivity index is 1.76. The fourth-order valence-corrected chi connectivity index (χ4v) is 3.47. The third-order valence-electron chi connectivity index (χ3n) is 4.97. The minimum Gasteiger partial charge on any atom is -0.346 e. The highest BCUT2D eigenvalue weighted by atomic mass is 16.2. The maximum Gasteiger partial charge on any atom is 0.226 e. The van der Waals surface area contributed by atoms with Gasteiger partial charge >= 0.3 is 0 Å². The van der Waals surface area contributed by atoms with Gasteiger partial charge in [-0.15, -0.1) is 0 Å². The Labute approximate surface area is 154 Å². The van der Waals surface area contributed by atoms with Crippen molar-refractivity contribution in [2.75, 3.05) is 6.54 Å². The van der Waals surface area contributed by atoms with Crippen molar-refractivity contribution >= 4 is 22.8 Å². The normalized spacial score (nSPS) is 19.4. The Kier molecular flexibility index (Phi) is 4.78. The summed E-state index contributed by atoms with van der Waals surface area (Å²) in [5, 5.41) is 3.12. The van der Waals surface area contributed by atoms with Gasteiger partial charge in [-0.25, -0.2) is 4.98 Å². The van der Waals surface area contributed by atoms with E-state index in [0.717, 1.165) is 16.9 Å². The van der Waals surface area contributed by atoms with E-state index in [0.29, 0.717) is 6.54 Å². The number of rotatable bonds is 4. The number of likely N-dealkylation sites (tertiary alicyclic amines) is 1. The number of hydrogen-bond acceptors (Lipinski definition) is 3. The van der Waals surface area contributed by atoms with E-state index >= 15 is 0 Å². The van der Waals surface area contributed by atoms with Crippen molar-refractivity contribution in [2.45, 2.75) is 52.6 Å². The Hall–Kier alpha value is -2.37. The first kappa shape index (κ1) is 18.4. The van der Waals surface area contributed by atoms with E-state index in [4.69, 9.17) is 0 Å². The van der Waals surface area contributed by atoms with Crippen LogP contribution in [0, 0.1) is 11.8 Å². The predicted octanol–water partition coefficient (Wildman–Crippen LogP) is 3.02. The molecule has 6 nitrogen and oxygen atoms in total. The number of aromatic nitrogens is 2. The molecule has 0 unspecified atom stereocenters. The van der Waals surface area contributed by atoms with Crippen molar-refractivity contribution in [1.82, 2.24) is 20.2 Å². The molecule has 2 aromatic rings. The lowest BCUT2D eigenvalue weighted by Crippen LogP contribution is -2.43. The summed E-state index contributed by atoms with van der Waals surface area (Å²) in [7, 11) is 0. The molecular formula is C20H28N4O2. The molecule has 2 amide bonds. The molecular weight excluding hydrogens is 328 g/mol. The third-order valence-corrected chi connectivity index (χ3v) is 4.97. The molecule has 6 heteroatoms. The van der Waals surface area contributed by atoms with E-state index in [1.165, 1.54) is 0 Å². The average molecular weight is 356 g/mol. The molecule has 2 atom stereocenters. The van der Waals surface area contributed by atoms with E-state index in [2.05, 4.69) is 29.1 Å². The van der Waals surface area contributed by atoms with Crippen LogP contribution in [0.3, 0.4) is 0 Å². The quantitative estimate of drug-likeness (QED) is 0.884. The fraction of sp³-hybridized carbons (Fsp3) is 0.550. The molecule has 3 rings (SSSR count). The second-order valence-electron chi connectivity index (χ2n) is 8.45. The third kappa shape index (κ3) is 3.59. The molecule has 1 aliphatic heterocycles. The maximum absolute atomic E-state index is 12.8. The summed E-state index contributed by atoms with van der Waals surface area (Å²) < 4.78 is 0. The molecule has 2 heterocycles. The van der Waals surface area contributed by atoms with Gasteiger partial charge in [0.1, 0.15) is 5.82 Å². The zero-order valence-electron chi connectivity index (χ0n) is 16.2. The van der Waals surface area contributed by atoms with Gasteiger partial charge in [-0.3, -0.25) is 9.59 Å². The first-order valence-electron chi connectivity index (χ1n) is 9.22. The summed E-state index contributed by atoms with van der Waals surface area (Å²) >= 11 is 0. The van der Waals surface area contributed by atoms with Crippen molar-refractivity contribution in [2.24, 2.45) is 11.8 Å². The molecule has 0 bridgehead atoms. The lowest BCUT2D eigenvalue weighted by atomic mass is 10.0. The number of H-pyrrole nitrogens is 1. The topological polar surface area (TPSA) is 78.1 Å². The maximum atomic E-state index is 12.8. The number of carbonyl (C=O) groups is 2. The SMILES string of the molecule is CC(C)[C@@H](NC(=O)[C@@H]1CC(=O)N(C(C)(C)C)C1)c1nc2ccccc2[nH]1. The van der Waals surface area contributed by atoms with Crippen molar-refractivity contribution in [3.8, 4) is 0 Å². The van der Waals surface area contributed by atoms with Crippen LogP contribution in [0.5, 0.6) is 0 Å². The molecule has 1 aromatic heterocycles. The second-order valence-corrected chi connectivity index (χ2v) is 8.45. The number of imidazole rings is 1. The van der Waals surface area contributed by atoms with Crippen LogP contribution in [0.4, 0.5) is 0 Å². The Bertz CT molecular complexity index is 786. The van der Waals surface area contributed by atoms with Gasteiger partial charge < -0.3 is 15.2 Å². The summed E-state index contributed by atoms with van der Waals surface area (Å²) in [6, 6.07) is 7.61. The van der Waals surface area contributed by atoms with Gasteiger partial charge in [-0.05, 0) is 38.8 Å². The van der Waals surface area contributed by atoms with Crippen LogP contribution in [-0.4, -0.2) is 38.8 Å². The predicted molar refractivity (Wildman–Crippen MR) is 101 cm³/mol. The molecule has 1 saturated heterocycles. The zero-order valence-corrected chi connectivity index (χ0v) is 16.2. The van der Waals surface area contributed by atoms with Crippen molar-refractivity contribution in [3.63, 3.8) is 0 Å². The highest BCUT2D eigenvalue weighted by molar-refractivity contribution is 5.89. The van der Waals surface area contributed by atoms with Gasteiger partial charge in [0.2, 0.25) is 11.8 Å². The highest BCUT2D eigenvalue weighted by Gasteiger charge is 2.40. The minimum atomic E-state index is -0.313. The van der Waals surface area contributed by atoms with Crippen molar-refractivity contribution in [1.29, 1.82) is 0 Å². The summed E-state index contributed by atoms with van der Waals surface area (Å²) in [6.45, 7) is 10.6. The van der Waals surface area contributed by atoms with Crippen molar-refractivity contribution < 1.29 is 9.59 Å². The second kappa shape index (κ2) is 6.74. The average Bonchev–Trinajstić information content (AvgIpc) is 3.14. The van der Waals surface area contributed by atoms with E-state index in [1.807, 2.05) is 45.0 Å². The number of fused-ring (bicyclic) bond motifs is 1. The van der Waals surface area contributed by atoms with Crippen LogP contribution < -0.4 is 5.32 Å². The van der Waals surface area contributed by atoms with E-state index < -0.39 is 0 Å². The molecule has 2 N–H and O–H groups in total. The molecule has 140 valence electrons. The van der Waals surface area contributed by atoms with Gasteiger partial charge in [-0.1, -0.05) is 26.0 Å². The number of hydrogen-bond donors (Lipinski definition) is 2. The van der Waals surface area contributed by atoms with Crippen LogP contribution >= 0.6 is 0 Å². The largest absolute Gasteiger partial charge is 0.346 e. The lowest BCUT2D eigenvalue weighted by Gasteiger charge is -2.32. The number of carbonyl (C=O) groups excluding carboxylic acids is 2. The van der Waals surface area contributed by atoms with Crippen LogP contribution in [0.2, 0.25) is 0 Å². The standard InChI is InChI=1S/C20H28N4O2/c1-12(2)17(18-21-14-8-6-7-9-15(14)22-18)23-19(26)13-10-16(25)24(11-13)20(3,4)5/h6-9,12-13,17H,10-11H2,1-5H3,(H,21,22)(H,23,26)/t13-,17-/m1/s1. The minimum absolute atomic E-state index is 0.0440. The lowest BCUT2D eigenvalue weighted by molar-refractivity contribution is -0.132. The molecule has 0 radical (unpaired) electrons. The first-order valence-corrected chi connectivity index (χ1v) is 9.22. The van der Waals surface area contributed by atoms with Crippen LogP contribution in [0.25, 0.3) is 11.0 Å². The number of aromatic amines is 1. The number of para-hydroxylation sites is 2. The van der Waals surface area contributed by atoms with Gasteiger partial charge in [-0.2, -0.15) is 0 Å².